The van der Waals surface area contributed by atoms with Crippen LogP contribution in [0.25, 0.3) is 0 Å². The fraction of sp³-hybridized carbons (Fsp3) is 0.500. The molecule has 7 heteroatoms. The molecule has 0 saturated carbocycles. The van der Waals surface area contributed by atoms with Crippen LogP contribution in [0.5, 0.6) is 5.75 Å². The summed E-state index contributed by atoms with van der Waals surface area (Å²) in [5, 5.41) is 12.8. The Balaban J connectivity index is 1.95. The summed E-state index contributed by atoms with van der Waals surface area (Å²) in [5.74, 6) is 0.0429. The van der Waals surface area contributed by atoms with Crippen molar-refractivity contribution >= 4 is 17.7 Å². The van der Waals surface area contributed by atoms with Crippen LogP contribution in [-0.2, 0) is 4.79 Å². The summed E-state index contributed by atoms with van der Waals surface area (Å²) in [6.07, 6.45) is -0.0375. The van der Waals surface area contributed by atoms with Crippen molar-refractivity contribution in [2.24, 2.45) is 0 Å². The number of aliphatic hydroxyl groups is 1. The van der Waals surface area contributed by atoms with Gasteiger partial charge in [-0.05, 0) is 31.9 Å². The number of carbonyl (C=O) groups is 3. The molecule has 1 saturated heterocycles. The Hall–Kier alpha value is -2.41. The minimum atomic E-state index is -1.03. The zero-order chi connectivity index (χ0) is 18.6. The van der Waals surface area contributed by atoms with E-state index in [1.807, 2.05) is 13.8 Å². The second-order valence-corrected chi connectivity index (χ2v) is 6.18. The number of Topliss-reactive ketones (excluding diaryl/α,β-unsaturated/α-hetero) is 1. The minimum absolute atomic E-state index is 0.0826. The maximum atomic E-state index is 12.5. The van der Waals surface area contributed by atoms with Gasteiger partial charge in [0.1, 0.15) is 24.0 Å². The van der Waals surface area contributed by atoms with Crippen molar-refractivity contribution in [2.45, 2.75) is 45.3 Å². The average Bonchev–Trinajstić information content (AvgIpc) is 2.85. The number of aliphatic hydroxyl groups excluding tert-OH is 1. The van der Waals surface area contributed by atoms with Gasteiger partial charge in [-0.1, -0.05) is 26.0 Å². The monoisotopic (exact) mass is 348 g/mol. The number of carbonyl (C=O) groups excluding carboxylic acids is 3. The summed E-state index contributed by atoms with van der Waals surface area (Å²) in [7, 11) is 0. The number of hydrogen-bond acceptors (Lipinski definition) is 5. The molecule has 1 aromatic carbocycles. The molecule has 7 nitrogen and oxygen atoms in total. The molecule has 2 rings (SSSR count). The molecule has 0 bridgehead atoms. The highest BCUT2D eigenvalue weighted by Gasteiger charge is 2.48. The van der Waals surface area contributed by atoms with E-state index in [4.69, 9.17) is 4.74 Å². The Morgan fingerprint density at radius 1 is 1.32 bits per heavy atom. The topological polar surface area (TPSA) is 95.9 Å². The lowest BCUT2D eigenvalue weighted by atomic mass is 9.93. The van der Waals surface area contributed by atoms with Crippen molar-refractivity contribution in [3.05, 3.63) is 29.8 Å². The Kier molecular flexibility index (Phi) is 5.79. The Morgan fingerprint density at radius 3 is 2.56 bits per heavy atom. The van der Waals surface area contributed by atoms with Crippen molar-refractivity contribution in [3.63, 3.8) is 0 Å². The van der Waals surface area contributed by atoms with Gasteiger partial charge in [0.2, 0.25) is 0 Å². The van der Waals surface area contributed by atoms with Crippen molar-refractivity contribution in [1.29, 1.82) is 0 Å². The molecule has 2 N–H and O–H groups in total. The van der Waals surface area contributed by atoms with Gasteiger partial charge in [-0.15, -0.1) is 0 Å². The molecule has 0 radical (unpaired) electrons. The molecule has 136 valence electrons. The number of hydrogen-bond donors (Lipinski definition) is 2. The van der Waals surface area contributed by atoms with Crippen LogP contribution >= 0.6 is 0 Å². The van der Waals surface area contributed by atoms with Gasteiger partial charge in [-0.3, -0.25) is 14.5 Å². The van der Waals surface area contributed by atoms with Gasteiger partial charge < -0.3 is 15.2 Å². The van der Waals surface area contributed by atoms with E-state index in [0.717, 1.165) is 4.90 Å². The maximum absolute atomic E-state index is 12.5. The third kappa shape index (κ3) is 3.99. The molecule has 0 aliphatic carbocycles. The normalized spacial score (nSPS) is 17.4. The molecule has 25 heavy (non-hydrogen) atoms. The number of urea groups is 1. The molecule has 1 fully saturated rings. The smallest absolute Gasteiger partial charge is 0.325 e. The van der Waals surface area contributed by atoms with E-state index in [0.29, 0.717) is 24.2 Å². The van der Waals surface area contributed by atoms with E-state index < -0.39 is 17.7 Å². The van der Waals surface area contributed by atoms with Crippen LogP contribution in [0.4, 0.5) is 4.79 Å². The summed E-state index contributed by atoms with van der Waals surface area (Å²) >= 11 is 0. The summed E-state index contributed by atoms with van der Waals surface area (Å²) < 4.78 is 5.47. The lowest BCUT2D eigenvalue weighted by Crippen LogP contribution is -2.46. The first-order valence-corrected chi connectivity index (χ1v) is 8.39. The SMILES string of the molecule is CCC1(CC)NC(=O)N(CC(O)COc2cccc(C(C)=O)c2)C1=O. The number of amides is 3. The number of imide groups is 1. The quantitative estimate of drug-likeness (QED) is 0.551. The van der Waals surface area contributed by atoms with E-state index >= 15 is 0 Å². The molecular formula is C18H24N2O5. The highest BCUT2D eigenvalue weighted by Crippen LogP contribution is 2.25. The molecule has 1 heterocycles. The van der Waals surface area contributed by atoms with Gasteiger partial charge in [-0.2, -0.15) is 0 Å². The predicted octanol–water partition coefficient (Wildman–Crippen LogP) is 1.74. The molecular weight excluding hydrogens is 324 g/mol. The third-order valence-corrected chi connectivity index (χ3v) is 4.53. The van der Waals surface area contributed by atoms with E-state index in [1.165, 1.54) is 6.92 Å². The van der Waals surface area contributed by atoms with Crippen molar-refractivity contribution in [1.82, 2.24) is 10.2 Å². The van der Waals surface area contributed by atoms with Crippen LogP contribution in [0, 0.1) is 0 Å². The average molecular weight is 348 g/mol. The van der Waals surface area contributed by atoms with Crippen LogP contribution in [0.3, 0.4) is 0 Å². The maximum Gasteiger partial charge on any atom is 0.325 e. The number of ketones is 1. The molecule has 1 aliphatic rings. The molecule has 0 aromatic heterocycles. The van der Waals surface area contributed by atoms with Crippen LogP contribution in [0.15, 0.2) is 24.3 Å². The zero-order valence-corrected chi connectivity index (χ0v) is 14.7. The highest BCUT2D eigenvalue weighted by atomic mass is 16.5. The second-order valence-electron chi connectivity index (χ2n) is 6.18. The van der Waals surface area contributed by atoms with Crippen LogP contribution in [0.1, 0.15) is 44.0 Å². The van der Waals surface area contributed by atoms with E-state index in [1.54, 1.807) is 24.3 Å². The van der Waals surface area contributed by atoms with Gasteiger partial charge in [0, 0.05) is 5.56 Å². The Bertz CT molecular complexity index is 669. The summed E-state index contributed by atoms with van der Waals surface area (Å²) in [5.41, 5.74) is -0.371. The fourth-order valence-electron chi connectivity index (χ4n) is 2.83. The van der Waals surface area contributed by atoms with E-state index in [9.17, 15) is 19.5 Å². The van der Waals surface area contributed by atoms with Gasteiger partial charge in [0.25, 0.3) is 5.91 Å². The van der Waals surface area contributed by atoms with Crippen molar-refractivity contribution in [2.75, 3.05) is 13.2 Å². The number of ether oxygens (including phenoxy) is 1. The van der Waals surface area contributed by atoms with E-state index in [2.05, 4.69) is 5.32 Å². The molecule has 1 atom stereocenters. The van der Waals surface area contributed by atoms with Crippen LogP contribution in [0.2, 0.25) is 0 Å². The minimum Gasteiger partial charge on any atom is -0.491 e. The highest BCUT2D eigenvalue weighted by molar-refractivity contribution is 6.07. The number of β-amino-alcohol motifs (C(OH)–C–C–N with tert-alkyl or cyclic N) is 1. The van der Waals surface area contributed by atoms with Crippen molar-refractivity contribution < 1.29 is 24.2 Å². The Labute approximate surface area is 147 Å². The molecule has 0 spiro atoms. The first-order valence-electron chi connectivity index (χ1n) is 8.39. The molecule has 1 unspecified atom stereocenters. The number of nitrogens with one attached hydrogen (secondary N) is 1. The first-order chi connectivity index (χ1) is 11.8. The molecule has 3 amide bonds. The van der Waals surface area contributed by atoms with Gasteiger partial charge in [0.05, 0.1) is 6.54 Å². The first kappa shape index (κ1) is 18.9. The molecule has 1 aliphatic heterocycles. The Morgan fingerprint density at radius 2 is 2.00 bits per heavy atom. The third-order valence-electron chi connectivity index (χ3n) is 4.53. The lowest BCUT2D eigenvalue weighted by molar-refractivity contribution is -0.132. The van der Waals surface area contributed by atoms with Crippen LogP contribution in [-0.4, -0.2) is 52.5 Å². The number of rotatable bonds is 8. The lowest BCUT2D eigenvalue weighted by Gasteiger charge is -2.24. The summed E-state index contributed by atoms with van der Waals surface area (Å²) in [6.45, 7) is 4.90. The largest absolute Gasteiger partial charge is 0.491 e. The number of nitrogens with zero attached hydrogens (tertiary/aromatic N) is 1. The number of benzene rings is 1. The van der Waals surface area contributed by atoms with E-state index in [-0.39, 0.29) is 24.8 Å². The standard InChI is InChI=1S/C18H24N2O5/c1-4-18(5-2)16(23)20(17(24)19-18)10-14(22)11-25-15-8-6-7-13(9-15)12(3)21/h6-9,14,22H,4-5,10-11H2,1-3H3,(H,19,24). The predicted molar refractivity (Wildman–Crippen MR) is 91.5 cm³/mol. The molecule has 1 aromatic rings. The fourth-order valence-corrected chi connectivity index (χ4v) is 2.83. The zero-order valence-electron chi connectivity index (χ0n) is 14.7. The van der Waals surface area contributed by atoms with Gasteiger partial charge in [-0.25, -0.2) is 4.79 Å². The van der Waals surface area contributed by atoms with Crippen molar-refractivity contribution in [3.8, 4) is 5.75 Å². The summed E-state index contributed by atoms with van der Waals surface area (Å²) in [4.78, 5) is 36.9. The van der Waals surface area contributed by atoms with Gasteiger partial charge in [0.15, 0.2) is 5.78 Å². The second kappa shape index (κ2) is 7.65. The summed E-state index contributed by atoms with van der Waals surface area (Å²) in [6, 6.07) is 6.13. The van der Waals surface area contributed by atoms with Crippen LogP contribution < -0.4 is 10.1 Å². The van der Waals surface area contributed by atoms with Gasteiger partial charge >= 0.3 is 6.03 Å².